The number of aryl methyl sites for hydroxylation is 1. The number of carbonyl (C=O) groups excluding carboxylic acids is 1. The Kier molecular flexibility index (Phi) is 4.29. The summed E-state index contributed by atoms with van der Waals surface area (Å²) in [4.78, 5) is 25.2. The van der Waals surface area contributed by atoms with Crippen molar-refractivity contribution in [1.82, 2.24) is 14.9 Å². The number of fused-ring (bicyclic) bond motifs is 1. The van der Waals surface area contributed by atoms with Gasteiger partial charge in [-0.2, -0.15) is 0 Å². The van der Waals surface area contributed by atoms with E-state index in [4.69, 9.17) is 0 Å². The van der Waals surface area contributed by atoms with E-state index in [1.165, 1.54) is 17.8 Å². The van der Waals surface area contributed by atoms with E-state index >= 15 is 0 Å². The molecule has 0 unspecified atom stereocenters. The van der Waals surface area contributed by atoms with E-state index in [9.17, 15) is 4.79 Å². The average molecular weight is 318 g/mol. The van der Waals surface area contributed by atoms with Gasteiger partial charge < -0.3 is 10.2 Å². The molecule has 1 aliphatic rings. The molecule has 1 atom stereocenters. The molecule has 6 heteroatoms. The highest BCUT2D eigenvalue weighted by Crippen LogP contribution is 2.34. The van der Waals surface area contributed by atoms with Crippen LogP contribution >= 0.6 is 11.3 Å². The first-order chi connectivity index (χ1) is 10.6. The molecule has 1 aliphatic heterocycles. The first kappa shape index (κ1) is 15.2. The largest absolute Gasteiger partial charge is 0.370 e. The predicted octanol–water partition coefficient (Wildman–Crippen LogP) is 3.30. The average Bonchev–Trinajstić information content (AvgIpc) is 2.85. The van der Waals surface area contributed by atoms with E-state index in [0.717, 1.165) is 52.5 Å². The maximum absolute atomic E-state index is 12.9. The number of likely N-dealkylation sites (tertiary alicyclic amines) is 1. The molecule has 3 heterocycles. The van der Waals surface area contributed by atoms with E-state index in [1.54, 1.807) is 6.33 Å². The number of nitrogens with one attached hydrogen (secondary N) is 1. The summed E-state index contributed by atoms with van der Waals surface area (Å²) in [6, 6.07) is 0. The summed E-state index contributed by atoms with van der Waals surface area (Å²) in [5.74, 6) is 1.56. The van der Waals surface area contributed by atoms with E-state index in [2.05, 4.69) is 22.2 Å². The quantitative estimate of drug-likeness (QED) is 0.943. The third-order valence-electron chi connectivity index (χ3n) is 4.21. The Labute approximate surface area is 134 Å². The molecule has 0 spiro atoms. The molecule has 1 N–H and O–H groups in total. The minimum atomic E-state index is 0.148. The second kappa shape index (κ2) is 6.20. The van der Waals surface area contributed by atoms with Crippen LogP contribution in [0.25, 0.3) is 10.2 Å². The fourth-order valence-corrected chi connectivity index (χ4v) is 4.21. The molecule has 0 saturated carbocycles. The van der Waals surface area contributed by atoms with Crippen LogP contribution in [-0.2, 0) is 0 Å². The molecule has 2 aromatic heterocycles. The number of carbonyl (C=O) groups is 1. The lowest BCUT2D eigenvalue weighted by Gasteiger charge is -2.30. The molecule has 0 aliphatic carbocycles. The Morgan fingerprint density at radius 2 is 2.32 bits per heavy atom. The van der Waals surface area contributed by atoms with Crippen molar-refractivity contribution < 1.29 is 4.79 Å². The van der Waals surface area contributed by atoms with Gasteiger partial charge in [-0.25, -0.2) is 9.97 Å². The Balaban J connectivity index is 1.99. The number of hydrogen-bond acceptors (Lipinski definition) is 5. The van der Waals surface area contributed by atoms with Crippen molar-refractivity contribution in [3.8, 4) is 0 Å². The predicted molar refractivity (Wildman–Crippen MR) is 90.6 cm³/mol. The van der Waals surface area contributed by atoms with Crippen molar-refractivity contribution in [2.75, 3.05) is 25.0 Å². The summed E-state index contributed by atoms with van der Waals surface area (Å²) in [5, 5.41) is 4.25. The number of aromatic nitrogens is 2. The van der Waals surface area contributed by atoms with Gasteiger partial charge in [-0.3, -0.25) is 4.79 Å². The van der Waals surface area contributed by atoms with Gasteiger partial charge in [0.15, 0.2) is 0 Å². The minimum absolute atomic E-state index is 0.148. The fourth-order valence-electron chi connectivity index (χ4n) is 3.09. The van der Waals surface area contributed by atoms with Gasteiger partial charge in [0, 0.05) is 19.6 Å². The first-order valence-electron chi connectivity index (χ1n) is 7.89. The monoisotopic (exact) mass is 318 g/mol. The third kappa shape index (κ3) is 2.67. The number of amides is 1. The first-order valence-corrected chi connectivity index (χ1v) is 8.70. The SMILES string of the molecule is CCNc1ncnc2sc(C(=O)N3CCC[C@H](C)C3)c(C)c12. The van der Waals surface area contributed by atoms with Crippen LogP contribution in [0, 0.1) is 12.8 Å². The van der Waals surface area contributed by atoms with Crippen molar-refractivity contribution in [3.63, 3.8) is 0 Å². The maximum Gasteiger partial charge on any atom is 0.264 e. The number of thiophene rings is 1. The van der Waals surface area contributed by atoms with Crippen LogP contribution in [0.5, 0.6) is 0 Å². The van der Waals surface area contributed by atoms with Crippen molar-refractivity contribution in [3.05, 3.63) is 16.8 Å². The topological polar surface area (TPSA) is 58.1 Å². The van der Waals surface area contributed by atoms with Crippen molar-refractivity contribution in [2.24, 2.45) is 5.92 Å². The molecule has 0 radical (unpaired) electrons. The minimum Gasteiger partial charge on any atom is -0.370 e. The van der Waals surface area contributed by atoms with Crippen LogP contribution in [0.2, 0.25) is 0 Å². The smallest absolute Gasteiger partial charge is 0.264 e. The normalized spacial score (nSPS) is 18.7. The van der Waals surface area contributed by atoms with E-state index in [-0.39, 0.29) is 5.91 Å². The Bertz CT molecular complexity index is 697. The van der Waals surface area contributed by atoms with Crippen LogP contribution < -0.4 is 5.32 Å². The van der Waals surface area contributed by atoms with Gasteiger partial charge in [-0.1, -0.05) is 6.92 Å². The van der Waals surface area contributed by atoms with Crippen LogP contribution in [0.1, 0.15) is 41.9 Å². The Morgan fingerprint density at radius 3 is 3.05 bits per heavy atom. The second-order valence-corrected chi connectivity index (χ2v) is 6.99. The van der Waals surface area contributed by atoms with Gasteiger partial charge in [-0.05, 0) is 38.2 Å². The third-order valence-corrected chi connectivity index (χ3v) is 5.40. The van der Waals surface area contributed by atoms with E-state index < -0.39 is 0 Å². The molecule has 2 aromatic rings. The Morgan fingerprint density at radius 1 is 1.50 bits per heavy atom. The molecular weight excluding hydrogens is 296 g/mol. The zero-order valence-corrected chi connectivity index (χ0v) is 14.2. The number of nitrogens with zero attached hydrogens (tertiary/aromatic N) is 3. The molecule has 3 rings (SSSR count). The standard InChI is InChI=1S/C16H22N4OS/c1-4-17-14-12-11(3)13(22-15(12)19-9-18-14)16(21)20-7-5-6-10(2)8-20/h9-10H,4-8H2,1-3H3,(H,17,18,19)/t10-/m0/s1. The molecule has 1 fully saturated rings. The van der Waals surface area contributed by atoms with Crippen molar-refractivity contribution in [1.29, 1.82) is 0 Å². The maximum atomic E-state index is 12.9. The summed E-state index contributed by atoms with van der Waals surface area (Å²) in [6.07, 6.45) is 3.87. The molecule has 1 amide bonds. The summed E-state index contributed by atoms with van der Waals surface area (Å²) in [7, 11) is 0. The Hall–Kier alpha value is -1.69. The zero-order chi connectivity index (χ0) is 15.7. The van der Waals surface area contributed by atoms with Crippen molar-refractivity contribution >= 4 is 33.3 Å². The van der Waals surface area contributed by atoms with Crippen LogP contribution in [0.15, 0.2) is 6.33 Å². The van der Waals surface area contributed by atoms with Gasteiger partial charge in [0.05, 0.1) is 10.3 Å². The fraction of sp³-hybridized carbons (Fsp3) is 0.562. The molecule has 118 valence electrons. The number of anilines is 1. The molecule has 1 saturated heterocycles. The van der Waals surface area contributed by atoms with Gasteiger partial charge in [0.1, 0.15) is 17.0 Å². The zero-order valence-electron chi connectivity index (χ0n) is 13.3. The number of hydrogen-bond donors (Lipinski definition) is 1. The van der Waals surface area contributed by atoms with Gasteiger partial charge in [-0.15, -0.1) is 11.3 Å². The van der Waals surface area contributed by atoms with E-state index in [0.29, 0.717) is 5.92 Å². The second-order valence-electron chi connectivity index (χ2n) is 5.99. The van der Waals surface area contributed by atoms with Gasteiger partial charge in [0.2, 0.25) is 0 Å². The highest BCUT2D eigenvalue weighted by Gasteiger charge is 2.26. The highest BCUT2D eigenvalue weighted by molar-refractivity contribution is 7.20. The van der Waals surface area contributed by atoms with Crippen molar-refractivity contribution in [2.45, 2.75) is 33.6 Å². The van der Waals surface area contributed by atoms with Crippen LogP contribution in [0.3, 0.4) is 0 Å². The molecule has 5 nitrogen and oxygen atoms in total. The molecule has 0 aromatic carbocycles. The van der Waals surface area contributed by atoms with Gasteiger partial charge >= 0.3 is 0 Å². The number of piperidine rings is 1. The summed E-state index contributed by atoms with van der Waals surface area (Å²) in [5.41, 5.74) is 1.000. The van der Waals surface area contributed by atoms with Crippen LogP contribution in [0.4, 0.5) is 5.82 Å². The summed E-state index contributed by atoms with van der Waals surface area (Å²) in [6.45, 7) is 8.78. The lowest BCUT2D eigenvalue weighted by Crippen LogP contribution is -2.38. The summed E-state index contributed by atoms with van der Waals surface area (Å²) >= 11 is 1.48. The highest BCUT2D eigenvalue weighted by atomic mass is 32.1. The lowest BCUT2D eigenvalue weighted by atomic mass is 10.00. The molecular formula is C16H22N4OS. The van der Waals surface area contributed by atoms with Gasteiger partial charge in [0.25, 0.3) is 5.91 Å². The number of rotatable bonds is 3. The molecule has 0 bridgehead atoms. The molecule has 22 heavy (non-hydrogen) atoms. The summed E-state index contributed by atoms with van der Waals surface area (Å²) < 4.78 is 0. The van der Waals surface area contributed by atoms with E-state index in [1.807, 2.05) is 18.7 Å². The lowest BCUT2D eigenvalue weighted by molar-refractivity contribution is 0.0687. The van der Waals surface area contributed by atoms with Crippen LogP contribution in [-0.4, -0.2) is 40.4 Å².